The van der Waals surface area contributed by atoms with Gasteiger partial charge in [-0.25, -0.2) is 0 Å². The molecule has 0 aromatic heterocycles. The van der Waals surface area contributed by atoms with Gasteiger partial charge in [0.05, 0.1) is 7.11 Å². The summed E-state index contributed by atoms with van der Waals surface area (Å²) in [6.07, 6.45) is -0.141. The summed E-state index contributed by atoms with van der Waals surface area (Å²) in [5.41, 5.74) is 3.80. The van der Waals surface area contributed by atoms with Crippen LogP contribution >= 0.6 is 0 Å². The van der Waals surface area contributed by atoms with Gasteiger partial charge in [-0.2, -0.15) is 0 Å². The maximum absolute atomic E-state index is 13.3. The smallest absolute Gasteiger partial charge is 0.507 e. The van der Waals surface area contributed by atoms with E-state index in [0.717, 1.165) is 37.3 Å². The number of aromatic hydroxyl groups is 1. The van der Waals surface area contributed by atoms with E-state index in [1.54, 1.807) is 7.11 Å². The van der Waals surface area contributed by atoms with E-state index in [9.17, 15) is 18.3 Å². The Morgan fingerprint density at radius 2 is 1.50 bits per heavy atom. The van der Waals surface area contributed by atoms with E-state index in [4.69, 9.17) is 4.74 Å². The number of hydrogen-bond acceptors (Lipinski definition) is 3. The molecule has 3 rings (SSSR count). The highest BCUT2D eigenvalue weighted by atomic mass is 19.4. The number of phenols is 1. The minimum absolute atomic E-state index is 0.288. The lowest BCUT2D eigenvalue weighted by Gasteiger charge is -2.23. The highest BCUT2D eigenvalue weighted by molar-refractivity contribution is 5.93. The predicted octanol–water partition coefficient (Wildman–Crippen LogP) is 8.32. The van der Waals surface area contributed by atoms with Gasteiger partial charge in [0, 0.05) is 28.3 Å². The fraction of sp³-hybridized carbons (Fsp3) is 0.357. The summed E-state index contributed by atoms with van der Waals surface area (Å²) in [5, 5.41) is 11.1. The molecule has 0 heterocycles. The van der Waals surface area contributed by atoms with Crippen molar-refractivity contribution in [1.82, 2.24) is 0 Å². The Balaban J connectivity index is 2.37. The molecule has 0 saturated heterocycles. The van der Waals surface area contributed by atoms with E-state index in [1.165, 1.54) is 0 Å². The molecule has 0 bridgehead atoms. The van der Waals surface area contributed by atoms with Crippen molar-refractivity contribution in [3.05, 3.63) is 65.7 Å². The van der Waals surface area contributed by atoms with Crippen molar-refractivity contribution in [2.45, 2.75) is 58.7 Å². The van der Waals surface area contributed by atoms with Crippen LogP contribution < -0.4 is 9.47 Å². The van der Waals surface area contributed by atoms with Crippen LogP contribution in [0.3, 0.4) is 0 Å². The zero-order valence-corrected chi connectivity index (χ0v) is 19.8. The Morgan fingerprint density at radius 1 is 0.824 bits per heavy atom. The quantitative estimate of drug-likeness (QED) is 0.322. The minimum Gasteiger partial charge on any atom is -0.507 e. The molecule has 0 saturated carbocycles. The topological polar surface area (TPSA) is 38.7 Å². The second-order valence-electron chi connectivity index (χ2n) is 8.28. The van der Waals surface area contributed by atoms with Crippen LogP contribution in [0.25, 0.3) is 22.3 Å². The first kappa shape index (κ1) is 25.5. The van der Waals surface area contributed by atoms with Crippen molar-refractivity contribution in [2.24, 2.45) is 0 Å². The van der Waals surface area contributed by atoms with Crippen LogP contribution in [0.5, 0.6) is 17.2 Å². The number of ether oxygens (including phenoxy) is 2. The molecule has 0 aliphatic rings. The Bertz CT molecular complexity index is 1090. The second kappa shape index (κ2) is 11.3. The largest absolute Gasteiger partial charge is 0.573 e. The van der Waals surface area contributed by atoms with Crippen LogP contribution in [0.4, 0.5) is 13.2 Å². The Hall–Kier alpha value is -3.15. The number of aryl methyl sites for hydroxylation is 1. The third kappa shape index (κ3) is 6.04. The maximum Gasteiger partial charge on any atom is 0.573 e. The summed E-state index contributed by atoms with van der Waals surface area (Å²) < 4.78 is 49.9. The molecule has 0 atom stereocenters. The SMILES string of the molecule is CCCCc1ccc(OC)c(-c2c(O)cc(OC(F)(F)F)c(CCCC)c2-c2ccccc2)c1. The molecule has 3 aromatic rings. The van der Waals surface area contributed by atoms with Crippen molar-refractivity contribution in [3.8, 4) is 39.5 Å². The van der Waals surface area contributed by atoms with Gasteiger partial charge < -0.3 is 14.6 Å². The molecule has 1 N–H and O–H groups in total. The number of benzene rings is 3. The molecular weight excluding hydrogens is 441 g/mol. The van der Waals surface area contributed by atoms with E-state index in [1.807, 2.05) is 55.5 Å². The first-order valence-corrected chi connectivity index (χ1v) is 11.7. The number of rotatable bonds is 10. The van der Waals surface area contributed by atoms with Crippen LogP contribution in [-0.2, 0) is 12.8 Å². The summed E-state index contributed by atoms with van der Waals surface area (Å²) in [5.74, 6) is -0.120. The van der Waals surface area contributed by atoms with Crippen molar-refractivity contribution < 1.29 is 27.8 Å². The van der Waals surface area contributed by atoms with Gasteiger partial charge in [0.15, 0.2) is 0 Å². The van der Waals surface area contributed by atoms with Gasteiger partial charge in [0.1, 0.15) is 17.2 Å². The molecule has 0 aliphatic heterocycles. The molecule has 34 heavy (non-hydrogen) atoms. The first-order valence-electron chi connectivity index (χ1n) is 11.7. The zero-order chi connectivity index (χ0) is 24.7. The fourth-order valence-electron chi connectivity index (χ4n) is 4.19. The first-order chi connectivity index (χ1) is 16.3. The van der Waals surface area contributed by atoms with Crippen LogP contribution in [0.15, 0.2) is 54.6 Å². The lowest BCUT2D eigenvalue weighted by atomic mass is 9.86. The second-order valence-corrected chi connectivity index (χ2v) is 8.28. The van der Waals surface area contributed by atoms with Crippen molar-refractivity contribution >= 4 is 0 Å². The van der Waals surface area contributed by atoms with E-state index < -0.39 is 6.36 Å². The van der Waals surface area contributed by atoms with Crippen molar-refractivity contribution in [2.75, 3.05) is 7.11 Å². The fourth-order valence-corrected chi connectivity index (χ4v) is 4.19. The van der Waals surface area contributed by atoms with E-state index >= 15 is 0 Å². The molecule has 0 fully saturated rings. The van der Waals surface area contributed by atoms with Gasteiger partial charge in [-0.1, -0.05) is 63.1 Å². The lowest BCUT2D eigenvalue weighted by Crippen LogP contribution is -2.18. The number of alkyl halides is 3. The standard InChI is InChI=1S/C28H31F3O3/c1-4-6-11-19-15-16-24(33-3)22(17-19)27-23(32)18-25(34-28(29,30)31)21(14-7-5-2)26(27)20-12-9-8-10-13-20/h8-10,12-13,15-18,32H,4-7,11,14H2,1-3H3. The molecule has 0 unspecified atom stereocenters. The van der Waals surface area contributed by atoms with Crippen LogP contribution in [0, 0.1) is 0 Å². The Kier molecular flexibility index (Phi) is 8.48. The van der Waals surface area contributed by atoms with Gasteiger partial charge >= 0.3 is 6.36 Å². The highest BCUT2D eigenvalue weighted by Crippen LogP contribution is 2.49. The number of hydrogen-bond donors (Lipinski definition) is 1. The van der Waals surface area contributed by atoms with Gasteiger partial charge in [-0.3, -0.25) is 0 Å². The summed E-state index contributed by atoms with van der Waals surface area (Å²) in [6.45, 7) is 4.09. The van der Waals surface area contributed by atoms with Gasteiger partial charge in [-0.15, -0.1) is 13.2 Å². The number of phenolic OH excluding ortho intramolecular Hbond substituents is 1. The van der Waals surface area contributed by atoms with Gasteiger partial charge in [-0.05, 0) is 48.9 Å². The van der Waals surface area contributed by atoms with Crippen LogP contribution in [0.2, 0.25) is 0 Å². The molecule has 0 aliphatic carbocycles. The zero-order valence-electron chi connectivity index (χ0n) is 19.8. The summed E-state index contributed by atoms with van der Waals surface area (Å²) in [4.78, 5) is 0. The molecular formula is C28H31F3O3. The van der Waals surface area contributed by atoms with Crippen molar-refractivity contribution in [1.29, 1.82) is 0 Å². The highest BCUT2D eigenvalue weighted by Gasteiger charge is 2.34. The van der Waals surface area contributed by atoms with Gasteiger partial charge in [0.25, 0.3) is 0 Å². The molecule has 0 spiro atoms. The summed E-state index contributed by atoms with van der Waals surface area (Å²) >= 11 is 0. The van der Waals surface area contributed by atoms with Crippen molar-refractivity contribution in [3.63, 3.8) is 0 Å². The third-order valence-corrected chi connectivity index (χ3v) is 5.79. The molecule has 3 aromatic carbocycles. The lowest BCUT2D eigenvalue weighted by molar-refractivity contribution is -0.274. The predicted molar refractivity (Wildman–Crippen MR) is 129 cm³/mol. The molecule has 0 radical (unpaired) electrons. The van der Waals surface area contributed by atoms with Gasteiger partial charge in [0.2, 0.25) is 0 Å². The molecule has 3 nitrogen and oxygen atoms in total. The average molecular weight is 473 g/mol. The molecule has 182 valence electrons. The van der Waals surface area contributed by atoms with E-state index in [-0.39, 0.29) is 11.5 Å². The average Bonchev–Trinajstić information content (AvgIpc) is 2.81. The summed E-state index contributed by atoms with van der Waals surface area (Å²) in [6, 6.07) is 16.0. The molecule has 6 heteroatoms. The number of halogens is 3. The Morgan fingerprint density at radius 3 is 2.12 bits per heavy atom. The van der Waals surface area contributed by atoms with Crippen LogP contribution in [-0.4, -0.2) is 18.6 Å². The van der Waals surface area contributed by atoms with E-state index in [2.05, 4.69) is 11.7 Å². The third-order valence-electron chi connectivity index (χ3n) is 5.79. The monoisotopic (exact) mass is 472 g/mol. The van der Waals surface area contributed by atoms with Crippen LogP contribution in [0.1, 0.15) is 50.7 Å². The normalized spacial score (nSPS) is 11.5. The Labute approximate surface area is 199 Å². The molecule has 0 amide bonds. The minimum atomic E-state index is -4.87. The van der Waals surface area contributed by atoms with E-state index in [0.29, 0.717) is 46.4 Å². The number of unbranched alkanes of at least 4 members (excludes halogenated alkanes) is 2. The maximum atomic E-state index is 13.3. The number of methoxy groups -OCH3 is 1. The summed E-state index contributed by atoms with van der Waals surface area (Å²) in [7, 11) is 1.54.